The first kappa shape index (κ1) is 15.0. The number of nitrogens with one attached hydrogen (secondary N) is 1. The van der Waals surface area contributed by atoms with Gasteiger partial charge in [0.15, 0.2) is 0 Å². The molecule has 1 saturated heterocycles. The van der Waals surface area contributed by atoms with Crippen molar-refractivity contribution in [2.75, 3.05) is 13.1 Å². The highest BCUT2D eigenvalue weighted by molar-refractivity contribution is 5.91. The summed E-state index contributed by atoms with van der Waals surface area (Å²) in [6, 6.07) is 1.22. The van der Waals surface area contributed by atoms with E-state index < -0.39 is 16.8 Å². The third-order valence-corrected chi connectivity index (χ3v) is 3.72. The Labute approximate surface area is 121 Å². The quantitative estimate of drug-likeness (QED) is 0.702. The lowest BCUT2D eigenvalue weighted by Crippen LogP contribution is -2.64. The predicted molar refractivity (Wildman–Crippen MR) is 74.7 cm³/mol. The molecule has 1 fully saturated rings. The van der Waals surface area contributed by atoms with Gasteiger partial charge in [-0.15, -0.1) is 0 Å². The number of hydrogen-bond acceptors (Lipinski definition) is 4. The minimum atomic E-state index is -0.959. The lowest BCUT2D eigenvalue weighted by atomic mass is 9.99. The normalized spacial score (nSPS) is 17.5. The Morgan fingerprint density at radius 3 is 2.67 bits per heavy atom. The zero-order chi connectivity index (χ0) is 15.8. The topological polar surface area (TPSA) is 93.4 Å². The van der Waals surface area contributed by atoms with Gasteiger partial charge in [0.05, 0.1) is 0 Å². The Hall–Kier alpha value is -2.38. The fourth-order valence-electron chi connectivity index (χ4n) is 2.30. The molecule has 8 heteroatoms. The first-order valence-corrected chi connectivity index (χ1v) is 6.60. The molecule has 1 N–H and O–H groups in total. The van der Waals surface area contributed by atoms with Gasteiger partial charge < -0.3 is 10.2 Å². The minimum Gasteiger partial charge on any atom is -0.352 e. The summed E-state index contributed by atoms with van der Waals surface area (Å²) in [5.41, 5.74) is -1.95. The first-order chi connectivity index (χ1) is 9.75. The second kappa shape index (κ2) is 5.19. The van der Waals surface area contributed by atoms with E-state index in [1.807, 2.05) is 0 Å². The summed E-state index contributed by atoms with van der Waals surface area (Å²) in [6.07, 6.45) is 1.29. The van der Waals surface area contributed by atoms with E-state index in [0.29, 0.717) is 13.1 Å². The highest BCUT2D eigenvalue weighted by atomic mass is 16.2. The second-order valence-corrected chi connectivity index (χ2v) is 5.48. The Morgan fingerprint density at radius 2 is 2.00 bits per heavy atom. The third-order valence-electron chi connectivity index (χ3n) is 3.72. The molecule has 0 bridgehead atoms. The molecule has 1 aromatic heterocycles. The molecule has 1 aliphatic heterocycles. The van der Waals surface area contributed by atoms with E-state index in [9.17, 15) is 19.2 Å². The number of nitrogens with zero attached hydrogens (tertiary/aromatic N) is 3. The average molecular weight is 294 g/mol. The molecule has 2 amide bonds. The van der Waals surface area contributed by atoms with Crippen LogP contribution in [-0.2, 0) is 23.2 Å². The third kappa shape index (κ3) is 2.61. The summed E-state index contributed by atoms with van der Waals surface area (Å²) in [6.45, 7) is 3.88. The van der Waals surface area contributed by atoms with E-state index in [0.717, 1.165) is 9.13 Å². The molecule has 21 heavy (non-hydrogen) atoms. The Bertz CT molecular complexity index is 701. The van der Waals surface area contributed by atoms with Gasteiger partial charge in [-0.2, -0.15) is 0 Å². The van der Waals surface area contributed by atoms with Crippen molar-refractivity contribution in [3.8, 4) is 0 Å². The smallest absolute Gasteiger partial charge is 0.331 e. The SMILES string of the molecule is Cn1c(=O)ccn(CC(=O)N2CCNC(=O)C2(C)C)c1=O. The van der Waals surface area contributed by atoms with E-state index in [1.54, 1.807) is 13.8 Å². The van der Waals surface area contributed by atoms with Crippen molar-refractivity contribution < 1.29 is 9.59 Å². The Morgan fingerprint density at radius 1 is 1.33 bits per heavy atom. The summed E-state index contributed by atoms with van der Waals surface area (Å²) in [4.78, 5) is 48.9. The number of carbonyl (C=O) groups excluding carboxylic acids is 2. The molecule has 1 aliphatic rings. The molecule has 0 spiro atoms. The van der Waals surface area contributed by atoms with Crippen molar-refractivity contribution >= 4 is 11.8 Å². The van der Waals surface area contributed by atoms with Crippen LogP contribution >= 0.6 is 0 Å². The van der Waals surface area contributed by atoms with E-state index in [4.69, 9.17) is 0 Å². The maximum absolute atomic E-state index is 12.4. The van der Waals surface area contributed by atoms with Gasteiger partial charge in [-0.25, -0.2) is 4.79 Å². The van der Waals surface area contributed by atoms with Crippen LogP contribution in [0.25, 0.3) is 0 Å². The van der Waals surface area contributed by atoms with Crippen LogP contribution < -0.4 is 16.6 Å². The average Bonchev–Trinajstić information content (AvgIpc) is 2.42. The number of rotatable bonds is 2. The van der Waals surface area contributed by atoms with Gasteiger partial charge >= 0.3 is 5.69 Å². The van der Waals surface area contributed by atoms with Crippen LogP contribution in [0.5, 0.6) is 0 Å². The fraction of sp³-hybridized carbons (Fsp3) is 0.538. The summed E-state index contributed by atoms with van der Waals surface area (Å²) in [7, 11) is 1.35. The predicted octanol–water partition coefficient (Wildman–Crippen LogP) is -1.72. The molecule has 0 aromatic carbocycles. The highest BCUT2D eigenvalue weighted by Crippen LogP contribution is 2.17. The van der Waals surface area contributed by atoms with Crippen molar-refractivity contribution in [1.82, 2.24) is 19.4 Å². The van der Waals surface area contributed by atoms with E-state index in [1.165, 1.54) is 24.2 Å². The lowest BCUT2D eigenvalue weighted by molar-refractivity contribution is -0.149. The number of carbonyl (C=O) groups is 2. The Balaban J connectivity index is 2.26. The molecule has 114 valence electrons. The van der Waals surface area contributed by atoms with Crippen LogP contribution in [0.4, 0.5) is 0 Å². The van der Waals surface area contributed by atoms with E-state index in [-0.39, 0.29) is 18.4 Å². The zero-order valence-electron chi connectivity index (χ0n) is 12.3. The monoisotopic (exact) mass is 294 g/mol. The molecule has 0 aliphatic carbocycles. The molecule has 8 nitrogen and oxygen atoms in total. The zero-order valence-corrected chi connectivity index (χ0v) is 12.3. The minimum absolute atomic E-state index is 0.205. The summed E-state index contributed by atoms with van der Waals surface area (Å²) in [5, 5.41) is 2.70. The summed E-state index contributed by atoms with van der Waals surface area (Å²) < 4.78 is 2.09. The van der Waals surface area contributed by atoms with Gasteiger partial charge in [-0.1, -0.05) is 0 Å². The highest BCUT2D eigenvalue weighted by Gasteiger charge is 2.40. The van der Waals surface area contributed by atoms with Crippen LogP contribution in [0, 0.1) is 0 Å². The Kier molecular flexibility index (Phi) is 3.71. The van der Waals surface area contributed by atoms with Crippen LogP contribution in [0.15, 0.2) is 21.9 Å². The summed E-state index contributed by atoms with van der Waals surface area (Å²) in [5.74, 6) is -0.564. The van der Waals surface area contributed by atoms with E-state index >= 15 is 0 Å². The van der Waals surface area contributed by atoms with Crippen LogP contribution in [-0.4, -0.2) is 44.5 Å². The van der Waals surface area contributed by atoms with Gasteiger partial charge in [0, 0.05) is 32.4 Å². The van der Waals surface area contributed by atoms with Crippen molar-refractivity contribution in [2.45, 2.75) is 25.9 Å². The van der Waals surface area contributed by atoms with E-state index in [2.05, 4.69) is 5.32 Å². The number of aromatic nitrogens is 2. The number of piperazine rings is 1. The second-order valence-electron chi connectivity index (χ2n) is 5.48. The van der Waals surface area contributed by atoms with Crippen molar-refractivity contribution in [3.63, 3.8) is 0 Å². The largest absolute Gasteiger partial charge is 0.352 e. The van der Waals surface area contributed by atoms with Crippen molar-refractivity contribution in [2.24, 2.45) is 7.05 Å². The van der Waals surface area contributed by atoms with Gasteiger partial charge in [0.25, 0.3) is 5.56 Å². The standard InChI is InChI=1S/C13H18N4O4/c1-13(2)11(20)14-5-7-17(13)10(19)8-16-6-4-9(18)15(3)12(16)21/h4,6H,5,7-8H2,1-3H3,(H,14,20). The molecule has 0 atom stereocenters. The number of amides is 2. The summed E-state index contributed by atoms with van der Waals surface area (Å²) >= 11 is 0. The molecular formula is C13H18N4O4. The number of hydrogen-bond donors (Lipinski definition) is 1. The van der Waals surface area contributed by atoms with Crippen molar-refractivity contribution in [1.29, 1.82) is 0 Å². The molecule has 0 radical (unpaired) electrons. The molecule has 2 rings (SSSR count). The van der Waals surface area contributed by atoms with Gasteiger partial charge in [0.1, 0.15) is 12.1 Å². The molecular weight excluding hydrogens is 276 g/mol. The lowest BCUT2D eigenvalue weighted by Gasteiger charge is -2.41. The van der Waals surface area contributed by atoms with Crippen LogP contribution in [0.1, 0.15) is 13.8 Å². The fourth-order valence-corrected chi connectivity index (χ4v) is 2.30. The maximum Gasteiger partial charge on any atom is 0.331 e. The van der Waals surface area contributed by atoms with Gasteiger partial charge in [0.2, 0.25) is 11.8 Å². The van der Waals surface area contributed by atoms with Crippen LogP contribution in [0.3, 0.4) is 0 Å². The maximum atomic E-state index is 12.4. The first-order valence-electron chi connectivity index (χ1n) is 6.60. The molecule has 0 saturated carbocycles. The van der Waals surface area contributed by atoms with Crippen molar-refractivity contribution in [3.05, 3.63) is 33.1 Å². The van der Waals surface area contributed by atoms with Crippen LogP contribution in [0.2, 0.25) is 0 Å². The molecule has 2 heterocycles. The molecule has 1 aromatic rings. The van der Waals surface area contributed by atoms with Gasteiger partial charge in [-0.3, -0.25) is 23.5 Å². The van der Waals surface area contributed by atoms with Gasteiger partial charge in [-0.05, 0) is 13.8 Å². The molecule has 0 unspecified atom stereocenters.